The van der Waals surface area contributed by atoms with E-state index in [0.29, 0.717) is 67.9 Å². The summed E-state index contributed by atoms with van der Waals surface area (Å²) in [6.07, 6.45) is 3.82. The molecule has 0 spiro atoms. The summed E-state index contributed by atoms with van der Waals surface area (Å²) < 4.78 is 22.8. The number of unbranched alkanes of at least 4 members (excludes halogenated alkanes) is 2. The number of carbonyl (C=O) groups excluding carboxylic acids is 2. The van der Waals surface area contributed by atoms with Crippen molar-refractivity contribution in [1.82, 2.24) is 9.80 Å². The Kier molecular flexibility index (Phi) is 11.0. The number of Topliss-reactive ketones (excluding diaryl/α,β-unsaturated/α-hetero) is 1. The van der Waals surface area contributed by atoms with Crippen molar-refractivity contribution < 1.29 is 33.6 Å². The highest BCUT2D eigenvalue weighted by atomic mass is 16.5. The molecule has 2 saturated heterocycles. The first-order valence-corrected chi connectivity index (χ1v) is 14.6. The zero-order valence-corrected chi connectivity index (χ0v) is 24.4. The van der Waals surface area contributed by atoms with E-state index >= 15 is 0 Å². The van der Waals surface area contributed by atoms with Gasteiger partial charge in [-0.15, -0.1) is 0 Å². The fourth-order valence-electron chi connectivity index (χ4n) is 5.05. The van der Waals surface area contributed by atoms with Gasteiger partial charge in [-0.1, -0.05) is 44.9 Å². The van der Waals surface area contributed by atoms with Gasteiger partial charge in [0, 0.05) is 31.7 Å². The van der Waals surface area contributed by atoms with Crippen molar-refractivity contribution >= 4 is 17.4 Å². The average Bonchev–Trinajstić information content (AvgIpc) is 3.25. The van der Waals surface area contributed by atoms with Gasteiger partial charge in [-0.2, -0.15) is 0 Å². The van der Waals surface area contributed by atoms with Crippen molar-refractivity contribution in [2.24, 2.45) is 0 Å². The molecule has 9 heteroatoms. The highest BCUT2D eigenvalue weighted by Gasteiger charge is 2.46. The topological polar surface area (TPSA) is 97.8 Å². The number of aliphatic hydroxyl groups is 1. The Morgan fingerprint density at radius 3 is 2.39 bits per heavy atom. The number of nitrogens with zero attached hydrogens (tertiary/aromatic N) is 2. The molecule has 9 nitrogen and oxygen atoms in total. The number of hydrogen-bond donors (Lipinski definition) is 1. The normalized spacial score (nSPS) is 19.0. The van der Waals surface area contributed by atoms with Crippen molar-refractivity contribution in [1.29, 1.82) is 0 Å². The van der Waals surface area contributed by atoms with Crippen molar-refractivity contribution in [3.05, 3.63) is 59.2 Å². The Hall–Kier alpha value is -3.56. The second-order valence-corrected chi connectivity index (χ2v) is 10.3. The van der Waals surface area contributed by atoms with E-state index in [0.717, 1.165) is 38.8 Å². The first-order chi connectivity index (χ1) is 20.0. The molecule has 2 aromatic rings. The molecule has 0 aliphatic carbocycles. The molecule has 2 aromatic carbocycles. The first-order valence-electron chi connectivity index (χ1n) is 14.6. The highest BCUT2D eigenvalue weighted by Crippen LogP contribution is 2.42. The SMILES string of the molecule is CCCCOc1cccc(C(O)=C2C(=O)C(=O)N(CCN3CCOCC3)C2c2ccc(OCCCC)c(OC)c2)c1. The van der Waals surface area contributed by atoms with Crippen LogP contribution in [0.15, 0.2) is 48.0 Å². The summed E-state index contributed by atoms with van der Waals surface area (Å²) in [4.78, 5) is 30.7. The lowest BCUT2D eigenvalue weighted by Crippen LogP contribution is -2.42. The van der Waals surface area contributed by atoms with E-state index in [1.54, 1.807) is 42.3 Å². The number of amides is 1. The third-order valence-electron chi connectivity index (χ3n) is 7.43. The molecule has 222 valence electrons. The molecule has 0 radical (unpaired) electrons. The second-order valence-electron chi connectivity index (χ2n) is 10.3. The van der Waals surface area contributed by atoms with Crippen LogP contribution in [0.25, 0.3) is 5.76 Å². The van der Waals surface area contributed by atoms with Crippen LogP contribution < -0.4 is 14.2 Å². The Labute approximate surface area is 242 Å². The molecule has 2 aliphatic heterocycles. The van der Waals surface area contributed by atoms with Gasteiger partial charge >= 0.3 is 0 Å². The molecule has 0 bridgehead atoms. The Bertz CT molecular complexity index is 1220. The van der Waals surface area contributed by atoms with Gasteiger partial charge in [-0.3, -0.25) is 14.5 Å². The molecule has 0 aromatic heterocycles. The summed E-state index contributed by atoms with van der Waals surface area (Å²) in [6, 6.07) is 11.6. The predicted octanol–water partition coefficient (Wildman–Crippen LogP) is 4.81. The predicted molar refractivity (Wildman–Crippen MR) is 157 cm³/mol. The van der Waals surface area contributed by atoms with Gasteiger partial charge in [0.15, 0.2) is 11.5 Å². The van der Waals surface area contributed by atoms with Crippen LogP contribution in [0.1, 0.15) is 56.7 Å². The van der Waals surface area contributed by atoms with E-state index in [9.17, 15) is 14.7 Å². The standard InChI is InChI=1S/C32H42N2O7/c1-4-6-17-40-25-10-8-9-24(21-25)30(35)28-29(23-11-12-26(27(22-23)38-3)41-18-7-5-2)34(32(37)31(28)36)14-13-33-15-19-39-20-16-33/h8-12,21-22,29,35H,4-7,13-20H2,1-3H3. The van der Waals surface area contributed by atoms with Crippen LogP contribution in [0.3, 0.4) is 0 Å². The molecular formula is C32H42N2O7. The summed E-state index contributed by atoms with van der Waals surface area (Å²) in [5, 5.41) is 11.5. The zero-order valence-electron chi connectivity index (χ0n) is 24.4. The number of hydrogen-bond acceptors (Lipinski definition) is 8. The van der Waals surface area contributed by atoms with E-state index in [1.165, 1.54) is 0 Å². The van der Waals surface area contributed by atoms with Gasteiger partial charge in [0.25, 0.3) is 11.7 Å². The Morgan fingerprint density at radius 2 is 1.68 bits per heavy atom. The zero-order chi connectivity index (χ0) is 29.2. The largest absolute Gasteiger partial charge is 0.507 e. The number of aliphatic hydroxyl groups excluding tert-OH is 1. The first kappa shape index (κ1) is 30.4. The van der Waals surface area contributed by atoms with Gasteiger partial charge in [0.2, 0.25) is 0 Å². The number of rotatable bonds is 14. The number of ether oxygens (including phenoxy) is 4. The number of likely N-dealkylation sites (tertiary alicyclic amines) is 1. The van der Waals surface area contributed by atoms with Gasteiger partial charge < -0.3 is 29.0 Å². The monoisotopic (exact) mass is 566 g/mol. The van der Waals surface area contributed by atoms with E-state index < -0.39 is 17.7 Å². The van der Waals surface area contributed by atoms with Crippen molar-refractivity contribution in [2.75, 3.05) is 59.7 Å². The van der Waals surface area contributed by atoms with Crippen LogP contribution in [0.4, 0.5) is 0 Å². The number of carbonyl (C=O) groups is 2. The molecule has 1 amide bonds. The van der Waals surface area contributed by atoms with Gasteiger partial charge in [-0.25, -0.2) is 0 Å². The smallest absolute Gasteiger partial charge is 0.295 e. The summed E-state index contributed by atoms with van der Waals surface area (Å²) in [5.41, 5.74) is 1.12. The van der Waals surface area contributed by atoms with Crippen LogP contribution in [0.5, 0.6) is 17.2 Å². The minimum Gasteiger partial charge on any atom is -0.507 e. The molecule has 41 heavy (non-hydrogen) atoms. The van der Waals surface area contributed by atoms with Crippen molar-refractivity contribution in [2.45, 2.75) is 45.6 Å². The van der Waals surface area contributed by atoms with E-state index in [-0.39, 0.29) is 11.3 Å². The van der Waals surface area contributed by atoms with Crippen LogP contribution in [-0.4, -0.2) is 86.3 Å². The quantitative estimate of drug-likeness (QED) is 0.151. The van der Waals surface area contributed by atoms with E-state index in [1.807, 2.05) is 12.1 Å². The molecule has 1 atom stereocenters. The Balaban J connectivity index is 1.72. The minimum atomic E-state index is -0.792. The third-order valence-corrected chi connectivity index (χ3v) is 7.43. The van der Waals surface area contributed by atoms with Crippen LogP contribution in [-0.2, 0) is 14.3 Å². The maximum atomic E-state index is 13.5. The van der Waals surface area contributed by atoms with Gasteiger partial charge in [0.05, 0.1) is 45.2 Å². The van der Waals surface area contributed by atoms with Gasteiger partial charge in [0.1, 0.15) is 11.5 Å². The number of methoxy groups -OCH3 is 1. The van der Waals surface area contributed by atoms with Crippen molar-refractivity contribution in [3.8, 4) is 17.2 Å². The van der Waals surface area contributed by atoms with E-state index in [4.69, 9.17) is 18.9 Å². The molecule has 2 fully saturated rings. The minimum absolute atomic E-state index is 0.0457. The third kappa shape index (κ3) is 7.40. The maximum Gasteiger partial charge on any atom is 0.295 e. The maximum absolute atomic E-state index is 13.5. The summed E-state index contributed by atoms with van der Waals surface area (Å²) in [5.74, 6) is 0.105. The number of benzene rings is 2. The molecule has 1 unspecified atom stereocenters. The number of morpholine rings is 1. The lowest BCUT2D eigenvalue weighted by molar-refractivity contribution is -0.140. The average molecular weight is 567 g/mol. The molecule has 4 rings (SSSR count). The Morgan fingerprint density at radius 1 is 0.951 bits per heavy atom. The highest BCUT2D eigenvalue weighted by molar-refractivity contribution is 6.46. The lowest BCUT2D eigenvalue weighted by atomic mass is 9.95. The molecule has 2 heterocycles. The molecule has 1 N–H and O–H groups in total. The van der Waals surface area contributed by atoms with Crippen LogP contribution >= 0.6 is 0 Å². The number of ketones is 1. The molecule has 0 saturated carbocycles. The molecule has 2 aliphatic rings. The van der Waals surface area contributed by atoms with Gasteiger partial charge in [-0.05, 0) is 42.7 Å². The lowest BCUT2D eigenvalue weighted by Gasteiger charge is -2.31. The molecular weight excluding hydrogens is 524 g/mol. The fourth-order valence-corrected chi connectivity index (χ4v) is 5.05. The van der Waals surface area contributed by atoms with E-state index in [2.05, 4.69) is 18.7 Å². The van der Waals surface area contributed by atoms with Crippen LogP contribution in [0.2, 0.25) is 0 Å². The van der Waals surface area contributed by atoms with Crippen molar-refractivity contribution in [3.63, 3.8) is 0 Å². The summed E-state index contributed by atoms with van der Waals surface area (Å²) in [6.45, 7) is 8.99. The van der Waals surface area contributed by atoms with Crippen LogP contribution in [0, 0.1) is 0 Å². The second kappa shape index (κ2) is 14.9. The fraction of sp³-hybridized carbons (Fsp3) is 0.500. The summed E-state index contributed by atoms with van der Waals surface area (Å²) >= 11 is 0. The summed E-state index contributed by atoms with van der Waals surface area (Å²) in [7, 11) is 1.56.